The number of fused-ring (bicyclic) bond motifs is 6. The van der Waals surface area contributed by atoms with Gasteiger partial charge in [-0.1, -0.05) is 22.0 Å². The summed E-state index contributed by atoms with van der Waals surface area (Å²) in [5, 5.41) is 1.05. The summed E-state index contributed by atoms with van der Waals surface area (Å²) in [4.78, 5) is 37.7. The molecule has 0 bridgehead atoms. The standard InChI is InChI=1S/C24H18BBrF2N2O5/c1-13-30-18-5-3-16(26)6-15(18)7-19(30)17-4-2-14(8-21(17)35-13)20(32)9-34-22(33)24-10-23(27,28)11-29(24)25(24)12-31/h2-8,12-13H,9-11H2,1H3/t13?,24-,29?/m0/s1. The van der Waals surface area contributed by atoms with Gasteiger partial charge in [0, 0.05) is 27.4 Å². The third-order valence-electron chi connectivity index (χ3n) is 7.06. The molecule has 3 atom stereocenters. The van der Waals surface area contributed by atoms with Gasteiger partial charge >= 0.3 is 12.8 Å². The van der Waals surface area contributed by atoms with E-state index in [1.807, 2.05) is 25.1 Å². The van der Waals surface area contributed by atoms with E-state index >= 15 is 0 Å². The van der Waals surface area contributed by atoms with Crippen LogP contribution in [0.4, 0.5) is 8.78 Å². The average Bonchev–Trinajstić information content (AvgIpc) is 3.09. The van der Waals surface area contributed by atoms with Gasteiger partial charge in [-0.15, -0.1) is 0 Å². The van der Waals surface area contributed by atoms with Crippen LogP contribution in [0.15, 0.2) is 46.9 Å². The lowest BCUT2D eigenvalue weighted by molar-refractivity contribution is -0.146. The van der Waals surface area contributed by atoms with Gasteiger partial charge in [0.15, 0.2) is 18.6 Å². The number of carbonyl (C=O) groups excluding carboxylic acids is 3. The van der Waals surface area contributed by atoms with Crippen LogP contribution in [0.5, 0.6) is 5.75 Å². The number of ether oxygens (including phenoxy) is 2. The van der Waals surface area contributed by atoms with Crippen LogP contribution in [0, 0.1) is 0 Å². The quantitative estimate of drug-likeness (QED) is 0.159. The Hall–Kier alpha value is -3.05. The van der Waals surface area contributed by atoms with Gasteiger partial charge < -0.3 is 23.6 Å². The van der Waals surface area contributed by atoms with Crippen LogP contribution in [0.3, 0.4) is 0 Å². The second-order valence-corrected chi connectivity index (χ2v) is 10.1. The predicted molar refractivity (Wildman–Crippen MR) is 127 cm³/mol. The van der Waals surface area contributed by atoms with Crippen molar-refractivity contribution in [2.75, 3.05) is 13.2 Å². The molecule has 7 nitrogen and oxygen atoms in total. The zero-order chi connectivity index (χ0) is 24.7. The molecule has 0 amide bonds. The highest BCUT2D eigenvalue weighted by atomic mass is 79.9. The SMILES string of the molecule is CC1Oc2cc(C(=O)COC(=O)[C@]34CC(F)(F)CN3B4C=O)ccc2-c2cc3cc(Br)ccc3n21. The molecular weight excluding hydrogens is 525 g/mol. The molecule has 0 aliphatic carbocycles. The molecule has 2 aromatic carbocycles. The smallest absolute Gasteiger partial charge is 0.331 e. The lowest BCUT2D eigenvalue weighted by Crippen LogP contribution is -2.37. The first-order chi connectivity index (χ1) is 16.6. The van der Waals surface area contributed by atoms with Gasteiger partial charge in [0.25, 0.3) is 5.92 Å². The van der Waals surface area contributed by atoms with Crippen LogP contribution in [-0.2, 0) is 14.3 Å². The van der Waals surface area contributed by atoms with Crippen LogP contribution < -0.4 is 4.74 Å². The summed E-state index contributed by atoms with van der Waals surface area (Å²) in [7, 11) is 0. The van der Waals surface area contributed by atoms with Crippen molar-refractivity contribution in [3.05, 3.63) is 52.5 Å². The fourth-order valence-electron chi connectivity index (χ4n) is 5.44. The second kappa shape index (κ2) is 7.48. The van der Waals surface area contributed by atoms with Crippen molar-refractivity contribution < 1.29 is 32.6 Å². The van der Waals surface area contributed by atoms with Crippen molar-refractivity contribution in [1.82, 2.24) is 9.38 Å². The lowest BCUT2D eigenvalue weighted by atomic mass is 9.62. The zero-order valence-corrected chi connectivity index (χ0v) is 20.1. The van der Waals surface area contributed by atoms with E-state index in [2.05, 4.69) is 26.6 Å². The summed E-state index contributed by atoms with van der Waals surface area (Å²) >= 11 is 3.49. The van der Waals surface area contributed by atoms with E-state index in [1.54, 1.807) is 18.2 Å². The van der Waals surface area contributed by atoms with Gasteiger partial charge in [-0.05, 0) is 43.3 Å². The number of benzene rings is 2. The highest BCUT2D eigenvalue weighted by molar-refractivity contribution is 9.10. The van der Waals surface area contributed by atoms with E-state index in [1.165, 1.54) is 0 Å². The number of rotatable bonds is 5. The Morgan fingerprint density at radius 3 is 2.83 bits per heavy atom. The zero-order valence-electron chi connectivity index (χ0n) is 18.5. The Balaban J connectivity index is 1.22. The topological polar surface area (TPSA) is 77.6 Å². The van der Waals surface area contributed by atoms with Crippen molar-refractivity contribution in [2.45, 2.75) is 30.9 Å². The molecule has 0 N–H and O–H groups in total. The van der Waals surface area contributed by atoms with Crippen molar-refractivity contribution in [3.63, 3.8) is 0 Å². The number of esters is 1. The summed E-state index contributed by atoms with van der Waals surface area (Å²) < 4.78 is 41.7. The normalized spacial score (nSPS) is 25.3. The third-order valence-corrected chi connectivity index (χ3v) is 7.55. The van der Waals surface area contributed by atoms with Crippen LogP contribution >= 0.6 is 15.9 Å². The van der Waals surface area contributed by atoms with Crippen molar-refractivity contribution >= 4 is 51.6 Å². The van der Waals surface area contributed by atoms with Crippen LogP contribution in [0.25, 0.3) is 22.2 Å². The van der Waals surface area contributed by atoms with Gasteiger partial charge in [-0.3, -0.25) is 9.59 Å². The van der Waals surface area contributed by atoms with E-state index in [4.69, 9.17) is 9.47 Å². The van der Waals surface area contributed by atoms with E-state index in [0.29, 0.717) is 11.9 Å². The molecule has 2 fully saturated rings. The first kappa shape index (κ1) is 22.4. The van der Waals surface area contributed by atoms with E-state index < -0.39 is 49.5 Å². The Labute approximate surface area is 207 Å². The number of hydrogen-bond acceptors (Lipinski definition) is 6. The predicted octanol–water partition coefficient (Wildman–Crippen LogP) is 4.10. The molecule has 1 aromatic heterocycles. The van der Waals surface area contributed by atoms with Gasteiger partial charge in [-0.2, -0.15) is 0 Å². The minimum Gasteiger partial charge on any atom is -0.470 e. The molecule has 3 aliphatic heterocycles. The molecule has 35 heavy (non-hydrogen) atoms. The Morgan fingerprint density at radius 2 is 2.06 bits per heavy atom. The average molecular weight is 543 g/mol. The maximum Gasteiger partial charge on any atom is 0.331 e. The summed E-state index contributed by atoms with van der Waals surface area (Å²) in [6, 6.07) is 13.0. The molecule has 2 saturated heterocycles. The van der Waals surface area contributed by atoms with Crippen LogP contribution in [-0.4, -0.2) is 58.7 Å². The minimum atomic E-state index is -3.08. The number of Topliss-reactive ketones (excluding diaryl/α,β-unsaturated/α-hetero) is 1. The monoisotopic (exact) mass is 542 g/mol. The van der Waals surface area contributed by atoms with Gasteiger partial charge in [-0.25, -0.2) is 8.78 Å². The highest BCUT2D eigenvalue weighted by Crippen LogP contribution is 2.53. The molecule has 11 heteroatoms. The summed E-state index contributed by atoms with van der Waals surface area (Å²) in [6.07, 6.45) is -0.632. The first-order valence-corrected chi connectivity index (χ1v) is 11.9. The lowest BCUT2D eigenvalue weighted by Gasteiger charge is -2.27. The fourth-order valence-corrected chi connectivity index (χ4v) is 5.82. The van der Waals surface area contributed by atoms with Gasteiger partial charge in [0.1, 0.15) is 17.4 Å². The van der Waals surface area contributed by atoms with Crippen molar-refractivity contribution in [1.29, 1.82) is 0 Å². The van der Waals surface area contributed by atoms with Gasteiger partial charge in [0.05, 0.1) is 17.8 Å². The summed E-state index contributed by atoms with van der Waals surface area (Å²) in [5.74, 6) is -4.03. The number of aromatic nitrogens is 1. The molecule has 3 aliphatic rings. The van der Waals surface area contributed by atoms with Crippen LogP contribution in [0.2, 0.25) is 0 Å². The van der Waals surface area contributed by atoms with Gasteiger partial charge in [0.2, 0.25) is 0 Å². The molecule has 6 rings (SSSR count). The first-order valence-electron chi connectivity index (χ1n) is 11.1. The largest absolute Gasteiger partial charge is 0.470 e. The maximum absolute atomic E-state index is 13.7. The van der Waals surface area contributed by atoms with Crippen LogP contribution in [0.1, 0.15) is 29.9 Å². The van der Waals surface area contributed by atoms with E-state index in [0.717, 1.165) is 31.4 Å². The third kappa shape index (κ3) is 3.28. The molecule has 2 unspecified atom stereocenters. The number of halogens is 3. The second-order valence-electron chi connectivity index (χ2n) is 9.20. The van der Waals surface area contributed by atoms with Crippen molar-refractivity contribution in [3.8, 4) is 17.0 Å². The number of carbonyl (C=O) groups is 3. The summed E-state index contributed by atoms with van der Waals surface area (Å²) in [5.41, 5.74) is 1.39. The highest BCUT2D eigenvalue weighted by Gasteiger charge is 2.80. The maximum atomic E-state index is 13.7. The Morgan fingerprint density at radius 1 is 1.26 bits per heavy atom. The molecule has 0 radical (unpaired) electrons. The number of ketones is 1. The Kier molecular flexibility index (Phi) is 4.79. The molecule has 4 heterocycles. The molecular formula is C24H18BBrF2N2O5. The number of hydrogen-bond donors (Lipinski definition) is 0. The Bertz CT molecular complexity index is 1440. The number of nitrogens with zero attached hydrogens (tertiary/aromatic N) is 2. The molecule has 0 spiro atoms. The van der Waals surface area contributed by atoms with E-state index in [9.17, 15) is 23.2 Å². The van der Waals surface area contributed by atoms with Crippen molar-refractivity contribution in [2.24, 2.45) is 0 Å². The number of alkyl halides is 2. The van der Waals surface area contributed by atoms with E-state index in [-0.39, 0.29) is 11.8 Å². The summed E-state index contributed by atoms with van der Waals surface area (Å²) in [6.45, 7) is -0.316. The molecule has 178 valence electrons. The molecule has 3 aromatic rings. The fraction of sp³-hybridized carbons (Fsp3) is 0.292. The minimum absolute atomic E-state index is 0.268. The molecule has 0 saturated carbocycles.